The van der Waals surface area contributed by atoms with E-state index in [1.165, 1.54) is 24.3 Å². The van der Waals surface area contributed by atoms with Gasteiger partial charge in [-0.15, -0.1) is 0 Å². The van der Waals surface area contributed by atoms with Crippen LogP contribution in [-0.4, -0.2) is 61.8 Å². The Kier molecular flexibility index (Phi) is 4.97. The first-order valence-electron chi connectivity index (χ1n) is 8.89. The summed E-state index contributed by atoms with van der Waals surface area (Å²) in [5.74, 6) is -0.0300. The first-order chi connectivity index (χ1) is 13.8. The SMILES string of the molecule is Oc1ccc(C2Oc3cc(O)cc(O)c3C=C2OC2OCC(O)C(O)C2O)cc1. The molecule has 29 heavy (non-hydrogen) atoms. The van der Waals surface area contributed by atoms with E-state index in [2.05, 4.69) is 0 Å². The fourth-order valence-corrected chi connectivity index (χ4v) is 3.24. The van der Waals surface area contributed by atoms with Gasteiger partial charge in [-0.1, -0.05) is 12.1 Å². The minimum absolute atomic E-state index is 0.0508. The molecule has 2 aliphatic heterocycles. The highest BCUT2D eigenvalue weighted by atomic mass is 16.7. The zero-order valence-corrected chi connectivity index (χ0v) is 15.0. The molecule has 0 aromatic heterocycles. The molecule has 5 unspecified atom stereocenters. The molecule has 0 amide bonds. The van der Waals surface area contributed by atoms with Gasteiger partial charge in [0.15, 0.2) is 6.10 Å². The van der Waals surface area contributed by atoms with Gasteiger partial charge in [0.1, 0.15) is 47.1 Å². The van der Waals surface area contributed by atoms with E-state index >= 15 is 0 Å². The summed E-state index contributed by atoms with van der Waals surface area (Å²) >= 11 is 0. The van der Waals surface area contributed by atoms with Gasteiger partial charge in [-0.25, -0.2) is 0 Å². The van der Waals surface area contributed by atoms with Crippen molar-refractivity contribution >= 4 is 6.08 Å². The smallest absolute Gasteiger partial charge is 0.228 e. The Labute approximate surface area is 165 Å². The number of aromatic hydroxyl groups is 3. The van der Waals surface area contributed by atoms with E-state index in [0.717, 1.165) is 6.07 Å². The molecule has 2 aliphatic rings. The third-order valence-corrected chi connectivity index (χ3v) is 4.80. The van der Waals surface area contributed by atoms with Gasteiger partial charge in [-0.2, -0.15) is 0 Å². The molecule has 0 radical (unpaired) electrons. The zero-order valence-electron chi connectivity index (χ0n) is 15.0. The average Bonchev–Trinajstić information content (AvgIpc) is 2.69. The van der Waals surface area contributed by atoms with Crippen molar-refractivity contribution in [3.63, 3.8) is 0 Å². The normalized spacial score (nSPS) is 28.8. The van der Waals surface area contributed by atoms with Crippen LogP contribution in [-0.2, 0) is 9.47 Å². The quantitative estimate of drug-likeness (QED) is 0.435. The summed E-state index contributed by atoms with van der Waals surface area (Å²) in [5, 5.41) is 59.1. The van der Waals surface area contributed by atoms with Gasteiger partial charge < -0.3 is 44.8 Å². The van der Waals surface area contributed by atoms with Crippen LogP contribution in [0.3, 0.4) is 0 Å². The Hall–Kier alpha value is -2.98. The minimum Gasteiger partial charge on any atom is -0.508 e. The van der Waals surface area contributed by atoms with Crippen LogP contribution < -0.4 is 4.74 Å². The zero-order chi connectivity index (χ0) is 20.7. The summed E-state index contributed by atoms with van der Waals surface area (Å²) in [4.78, 5) is 0. The number of aliphatic hydroxyl groups excluding tert-OH is 3. The maximum atomic E-state index is 10.2. The molecule has 0 bridgehead atoms. The summed E-state index contributed by atoms with van der Waals surface area (Å²) in [6, 6.07) is 8.59. The molecule has 9 nitrogen and oxygen atoms in total. The molecule has 0 saturated carbocycles. The molecule has 1 saturated heterocycles. The van der Waals surface area contributed by atoms with Crippen LogP contribution in [0.1, 0.15) is 17.2 Å². The maximum Gasteiger partial charge on any atom is 0.228 e. The predicted octanol–water partition coefficient (Wildman–Crippen LogP) is 0.734. The molecule has 2 aromatic carbocycles. The predicted molar refractivity (Wildman–Crippen MR) is 98.1 cm³/mol. The number of benzene rings is 2. The molecular weight excluding hydrogens is 384 g/mol. The van der Waals surface area contributed by atoms with Crippen molar-refractivity contribution in [1.29, 1.82) is 0 Å². The number of phenolic OH excluding ortho intramolecular Hbond substituents is 3. The second-order valence-electron chi connectivity index (χ2n) is 6.88. The number of hydrogen-bond donors (Lipinski definition) is 6. The van der Waals surface area contributed by atoms with E-state index in [0.29, 0.717) is 5.56 Å². The molecule has 9 heteroatoms. The Morgan fingerprint density at radius 2 is 1.62 bits per heavy atom. The topological polar surface area (TPSA) is 149 Å². The van der Waals surface area contributed by atoms with E-state index in [1.54, 1.807) is 12.1 Å². The van der Waals surface area contributed by atoms with Crippen LogP contribution in [0.5, 0.6) is 23.0 Å². The molecule has 2 heterocycles. The van der Waals surface area contributed by atoms with E-state index in [-0.39, 0.29) is 40.9 Å². The Morgan fingerprint density at radius 3 is 2.34 bits per heavy atom. The third kappa shape index (κ3) is 3.68. The van der Waals surface area contributed by atoms with Gasteiger partial charge in [0.05, 0.1) is 12.2 Å². The number of rotatable bonds is 3. The lowest BCUT2D eigenvalue weighted by atomic mass is 10.0. The number of ether oxygens (including phenoxy) is 3. The van der Waals surface area contributed by atoms with Gasteiger partial charge in [0.2, 0.25) is 6.29 Å². The van der Waals surface area contributed by atoms with E-state index in [9.17, 15) is 30.6 Å². The second kappa shape index (κ2) is 7.45. The summed E-state index contributed by atoms with van der Waals surface area (Å²) in [6.45, 7) is -0.239. The van der Waals surface area contributed by atoms with E-state index < -0.39 is 30.7 Å². The van der Waals surface area contributed by atoms with Crippen molar-refractivity contribution in [3.05, 3.63) is 53.3 Å². The van der Waals surface area contributed by atoms with Gasteiger partial charge in [0, 0.05) is 17.7 Å². The third-order valence-electron chi connectivity index (χ3n) is 4.80. The lowest BCUT2D eigenvalue weighted by Gasteiger charge is -2.37. The van der Waals surface area contributed by atoms with Crippen LogP contribution in [0, 0.1) is 0 Å². The summed E-state index contributed by atoms with van der Waals surface area (Å²) in [5.41, 5.74) is 0.826. The molecule has 1 fully saturated rings. The first-order valence-corrected chi connectivity index (χ1v) is 8.89. The first kappa shape index (κ1) is 19.3. The Morgan fingerprint density at radius 1 is 0.897 bits per heavy atom. The van der Waals surface area contributed by atoms with Crippen LogP contribution in [0.15, 0.2) is 42.2 Å². The molecule has 0 spiro atoms. The second-order valence-corrected chi connectivity index (χ2v) is 6.88. The van der Waals surface area contributed by atoms with Crippen molar-refractivity contribution in [2.75, 3.05) is 6.61 Å². The number of fused-ring (bicyclic) bond motifs is 1. The molecular formula is C20H20O9. The highest BCUT2D eigenvalue weighted by molar-refractivity contribution is 5.69. The number of hydrogen-bond acceptors (Lipinski definition) is 9. The van der Waals surface area contributed by atoms with Crippen LogP contribution >= 0.6 is 0 Å². The van der Waals surface area contributed by atoms with Crippen molar-refractivity contribution in [2.45, 2.75) is 30.7 Å². The average molecular weight is 404 g/mol. The van der Waals surface area contributed by atoms with Crippen molar-refractivity contribution in [3.8, 4) is 23.0 Å². The highest BCUT2D eigenvalue weighted by Gasteiger charge is 2.41. The fourth-order valence-electron chi connectivity index (χ4n) is 3.24. The van der Waals surface area contributed by atoms with Gasteiger partial charge in [-0.3, -0.25) is 0 Å². The molecule has 5 atom stereocenters. The van der Waals surface area contributed by atoms with Gasteiger partial charge in [0.25, 0.3) is 0 Å². The van der Waals surface area contributed by atoms with Crippen molar-refractivity contribution in [2.24, 2.45) is 0 Å². The molecule has 0 aliphatic carbocycles. The fraction of sp³-hybridized carbons (Fsp3) is 0.300. The monoisotopic (exact) mass is 404 g/mol. The van der Waals surface area contributed by atoms with Gasteiger partial charge in [-0.05, 0) is 18.2 Å². The largest absolute Gasteiger partial charge is 0.508 e. The van der Waals surface area contributed by atoms with Crippen molar-refractivity contribution in [1.82, 2.24) is 0 Å². The summed E-state index contributed by atoms with van der Waals surface area (Å²) in [7, 11) is 0. The molecule has 2 aromatic rings. The Bertz CT molecular complexity index is 924. The highest BCUT2D eigenvalue weighted by Crippen LogP contribution is 2.44. The summed E-state index contributed by atoms with van der Waals surface area (Å²) in [6.07, 6.45) is -4.90. The van der Waals surface area contributed by atoms with Crippen LogP contribution in [0.2, 0.25) is 0 Å². The number of aliphatic hydroxyl groups is 3. The van der Waals surface area contributed by atoms with Crippen LogP contribution in [0.25, 0.3) is 6.08 Å². The van der Waals surface area contributed by atoms with Crippen molar-refractivity contribution < 1.29 is 44.8 Å². The standard InChI is InChI=1S/C20H20O9/c21-10-3-1-9(2-4-10)19-16(29-20-18(26)17(25)14(24)8-27-20)7-12-13(23)5-11(22)6-15(12)28-19/h1-7,14,17-26H,8H2. The summed E-state index contributed by atoms with van der Waals surface area (Å²) < 4.78 is 17.0. The van der Waals surface area contributed by atoms with E-state index in [4.69, 9.17) is 14.2 Å². The number of phenols is 3. The lowest BCUT2D eigenvalue weighted by Crippen LogP contribution is -2.53. The van der Waals surface area contributed by atoms with Gasteiger partial charge >= 0.3 is 0 Å². The van der Waals surface area contributed by atoms with Crippen LogP contribution in [0.4, 0.5) is 0 Å². The van der Waals surface area contributed by atoms with E-state index in [1.807, 2.05) is 0 Å². The molecule has 4 rings (SSSR count). The molecule has 6 N–H and O–H groups in total. The minimum atomic E-state index is -1.52. The lowest BCUT2D eigenvalue weighted by molar-refractivity contribution is -0.261. The Balaban J connectivity index is 1.71. The molecule has 154 valence electrons. The maximum absolute atomic E-state index is 10.2.